The summed E-state index contributed by atoms with van der Waals surface area (Å²) >= 11 is 9.18. The van der Waals surface area contributed by atoms with Crippen LogP contribution in [0.25, 0.3) is 0 Å². The average molecular weight is 391 g/mol. The summed E-state index contributed by atoms with van der Waals surface area (Å²) in [5.74, 6) is 0. The van der Waals surface area contributed by atoms with Gasteiger partial charge in [-0.15, -0.1) is 0 Å². The molecule has 21 heavy (non-hydrogen) atoms. The van der Waals surface area contributed by atoms with Crippen LogP contribution in [0.4, 0.5) is 11.4 Å². The number of anilines is 2. The summed E-state index contributed by atoms with van der Waals surface area (Å²) in [6, 6.07) is 6.49. The molecule has 112 valence electrons. The SMILES string of the molecule is CCNc1ccncc1S(=O)(=O)Nc1cc(Cl)ccc1Br. The number of pyridine rings is 1. The number of hydrogen-bond acceptors (Lipinski definition) is 4. The van der Waals surface area contributed by atoms with Crippen LogP contribution < -0.4 is 10.0 Å². The average Bonchev–Trinajstić information content (AvgIpc) is 2.43. The molecule has 0 aliphatic rings. The monoisotopic (exact) mass is 389 g/mol. The number of benzene rings is 1. The summed E-state index contributed by atoms with van der Waals surface area (Å²) < 4.78 is 28.1. The fourth-order valence-corrected chi connectivity index (χ4v) is 3.55. The number of nitrogens with one attached hydrogen (secondary N) is 2. The van der Waals surface area contributed by atoms with Gasteiger partial charge >= 0.3 is 0 Å². The van der Waals surface area contributed by atoms with Crippen molar-refractivity contribution in [2.45, 2.75) is 11.8 Å². The van der Waals surface area contributed by atoms with Crippen molar-refractivity contribution in [1.29, 1.82) is 0 Å². The Morgan fingerprint density at radius 1 is 1.29 bits per heavy atom. The molecule has 0 saturated heterocycles. The molecule has 2 N–H and O–H groups in total. The maximum absolute atomic E-state index is 12.5. The van der Waals surface area contributed by atoms with Crippen LogP contribution in [-0.2, 0) is 10.0 Å². The van der Waals surface area contributed by atoms with Gasteiger partial charge in [0.15, 0.2) is 0 Å². The molecule has 0 unspecified atom stereocenters. The minimum absolute atomic E-state index is 0.0822. The van der Waals surface area contributed by atoms with E-state index < -0.39 is 10.0 Å². The minimum Gasteiger partial charge on any atom is -0.384 e. The highest BCUT2D eigenvalue weighted by Crippen LogP contribution is 2.29. The second-order valence-corrected chi connectivity index (χ2v) is 7.07. The van der Waals surface area contributed by atoms with Crippen molar-refractivity contribution in [2.75, 3.05) is 16.6 Å². The van der Waals surface area contributed by atoms with Gasteiger partial charge in [0.2, 0.25) is 0 Å². The number of halogens is 2. The molecule has 0 saturated carbocycles. The van der Waals surface area contributed by atoms with Gasteiger partial charge in [-0.2, -0.15) is 0 Å². The highest BCUT2D eigenvalue weighted by atomic mass is 79.9. The molecule has 0 atom stereocenters. The van der Waals surface area contributed by atoms with Crippen LogP contribution in [0.3, 0.4) is 0 Å². The van der Waals surface area contributed by atoms with E-state index in [2.05, 4.69) is 31.0 Å². The molecule has 5 nitrogen and oxygen atoms in total. The number of sulfonamides is 1. The Balaban J connectivity index is 2.41. The Kier molecular flexibility index (Phi) is 5.08. The molecule has 0 amide bonds. The molecule has 0 aliphatic heterocycles. The summed E-state index contributed by atoms with van der Waals surface area (Å²) in [5, 5.41) is 3.44. The minimum atomic E-state index is -3.77. The van der Waals surface area contributed by atoms with Gasteiger partial charge in [-0.25, -0.2) is 8.42 Å². The van der Waals surface area contributed by atoms with E-state index in [4.69, 9.17) is 11.6 Å². The summed E-state index contributed by atoms with van der Waals surface area (Å²) in [6.07, 6.45) is 2.84. The molecule has 2 aromatic rings. The molecule has 0 radical (unpaired) electrons. The first kappa shape index (κ1) is 16.1. The summed E-state index contributed by atoms with van der Waals surface area (Å²) in [5.41, 5.74) is 0.868. The van der Waals surface area contributed by atoms with Crippen LogP contribution in [0.1, 0.15) is 6.92 Å². The van der Waals surface area contributed by atoms with Crippen LogP contribution in [-0.4, -0.2) is 19.9 Å². The van der Waals surface area contributed by atoms with Crippen molar-refractivity contribution in [3.05, 3.63) is 46.2 Å². The Hall–Kier alpha value is -1.31. The van der Waals surface area contributed by atoms with Crippen molar-refractivity contribution in [3.63, 3.8) is 0 Å². The lowest BCUT2D eigenvalue weighted by Crippen LogP contribution is -2.16. The molecule has 0 spiro atoms. The lowest BCUT2D eigenvalue weighted by molar-refractivity contribution is 0.601. The largest absolute Gasteiger partial charge is 0.384 e. The van der Waals surface area contributed by atoms with E-state index in [0.29, 0.717) is 27.4 Å². The Labute approximate surface area is 136 Å². The highest BCUT2D eigenvalue weighted by Gasteiger charge is 2.20. The van der Waals surface area contributed by atoms with Crippen LogP contribution in [0, 0.1) is 0 Å². The first-order valence-corrected chi connectivity index (χ1v) is 8.75. The van der Waals surface area contributed by atoms with E-state index in [1.54, 1.807) is 18.2 Å². The van der Waals surface area contributed by atoms with E-state index in [-0.39, 0.29) is 4.90 Å². The van der Waals surface area contributed by atoms with E-state index in [1.165, 1.54) is 18.5 Å². The Morgan fingerprint density at radius 3 is 2.76 bits per heavy atom. The molecule has 0 aliphatic carbocycles. The van der Waals surface area contributed by atoms with Crippen molar-refractivity contribution < 1.29 is 8.42 Å². The molecule has 2 rings (SSSR count). The van der Waals surface area contributed by atoms with Gasteiger partial charge in [0.05, 0.1) is 11.4 Å². The summed E-state index contributed by atoms with van der Waals surface area (Å²) in [4.78, 5) is 3.96. The lowest BCUT2D eigenvalue weighted by Gasteiger charge is -2.13. The molecule has 8 heteroatoms. The van der Waals surface area contributed by atoms with E-state index >= 15 is 0 Å². The molecular formula is C13H13BrClN3O2S. The van der Waals surface area contributed by atoms with E-state index in [1.807, 2.05) is 6.92 Å². The zero-order valence-corrected chi connectivity index (χ0v) is 14.3. The third-order valence-corrected chi connectivity index (χ3v) is 4.93. The van der Waals surface area contributed by atoms with Crippen molar-refractivity contribution in [2.24, 2.45) is 0 Å². The highest BCUT2D eigenvalue weighted by molar-refractivity contribution is 9.10. The van der Waals surface area contributed by atoms with Gasteiger partial charge < -0.3 is 5.32 Å². The Bertz CT molecular complexity index is 753. The standard InChI is InChI=1S/C13H13BrClN3O2S/c1-2-17-11-5-6-16-8-13(11)21(19,20)18-12-7-9(15)3-4-10(12)14/h3-8,18H,2H2,1H3,(H,16,17). The molecular weight excluding hydrogens is 378 g/mol. The fraction of sp³-hybridized carbons (Fsp3) is 0.154. The van der Waals surface area contributed by atoms with Crippen LogP contribution >= 0.6 is 27.5 Å². The van der Waals surface area contributed by atoms with Crippen molar-refractivity contribution >= 4 is 48.9 Å². The zero-order chi connectivity index (χ0) is 15.5. The lowest BCUT2D eigenvalue weighted by atomic mass is 10.3. The van der Waals surface area contributed by atoms with E-state index in [0.717, 1.165) is 0 Å². The zero-order valence-electron chi connectivity index (χ0n) is 11.1. The second-order valence-electron chi connectivity index (χ2n) is 4.13. The van der Waals surface area contributed by atoms with Gasteiger partial charge in [-0.05, 0) is 47.1 Å². The topological polar surface area (TPSA) is 71.1 Å². The number of hydrogen-bond donors (Lipinski definition) is 2. The molecule has 1 heterocycles. The predicted octanol–water partition coefficient (Wildman–Crippen LogP) is 3.73. The maximum Gasteiger partial charge on any atom is 0.265 e. The normalized spacial score (nSPS) is 11.2. The molecule has 1 aromatic heterocycles. The number of rotatable bonds is 5. The number of aromatic nitrogens is 1. The van der Waals surface area contributed by atoms with Crippen LogP contribution in [0.5, 0.6) is 0 Å². The summed E-state index contributed by atoms with van der Waals surface area (Å²) in [6.45, 7) is 2.49. The molecule has 0 bridgehead atoms. The van der Waals surface area contributed by atoms with Gasteiger partial charge in [-0.3, -0.25) is 9.71 Å². The molecule has 1 aromatic carbocycles. The van der Waals surface area contributed by atoms with Gasteiger partial charge in [0.25, 0.3) is 10.0 Å². The van der Waals surface area contributed by atoms with Crippen molar-refractivity contribution in [1.82, 2.24) is 4.98 Å². The van der Waals surface area contributed by atoms with Crippen LogP contribution in [0.15, 0.2) is 46.0 Å². The first-order chi connectivity index (χ1) is 9.94. The predicted molar refractivity (Wildman–Crippen MR) is 88.4 cm³/mol. The van der Waals surface area contributed by atoms with Gasteiger partial charge in [-0.1, -0.05) is 11.6 Å². The van der Waals surface area contributed by atoms with Gasteiger partial charge in [0, 0.05) is 28.4 Å². The number of nitrogens with zero attached hydrogens (tertiary/aromatic N) is 1. The second kappa shape index (κ2) is 6.64. The quantitative estimate of drug-likeness (QED) is 0.816. The molecule has 0 fully saturated rings. The third kappa shape index (κ3) is 3.87. The van der Waals surface area contributed by atoms with Crippen LogP contribution in [0.2, 0.25) is 5.02 Å². The first-order valence-electron chi connectivity index (χ1n) is 6.10. The fourth-order valence-electron chi connectivity index (χ4n) is 1.71. The maximum atomic E-state index is 12.5. The third-order valence-electron chi connectivity index (χ3n) is 2.61. The van der Waals surface area contributed by atoms with Gasteiger partial charge in [0.1, 0.15) is 4.90 Å². The van der Waals surface area contributed by atoms with E-state index in [9.17, 15) is 8.42 Å². The summed E-state index contributed by atoms with van der Waals surface area (Å²) in [7, 11) is -3.77. The van der Waals surface area contributed by atoms with Crippen molar-refractivity contribution in [3.8, 4) is 0 Å². The smallest absolute Gasteiger partial charge is 0.265 e. The Morgan fingerprint density at radius 2 is 2.05 bits per heavy atom.